The number of hydrogen-bond acceptors (Lipinski definition) is 3. The Morgan fingerprint density at radius 3 is 2.54 bits per heavy atom. The van der Waals surface area contributed by atoms with Crippen molar-refractivity contribution in [1.82, 2.24) is 14.7 Å². The number of hydrogen-bond donors (Lipinski definition) is 1. The van der Waals surface area contributed by atoms with Crippen molar-refractivity contribution in [2.45, 2.75) is 39.7 Å². The van der Waals surface area contributed by atoms with E-state index in [4.69, 9.17) is 5.73 Å². The second-order valence-corrected chi connectivity index (χ2v) is 6.22. The first-order chi connectivity index (χ1) is 11.5. The lowest BCUT2D eigenvalue weighted by molar-refractivity contribution is -0.131. The van der Waals surface area contributed by atoms with Gasteiger partial charge in [-0.25, -0.2) is 0 Å². The van der Waals surface area contributed by atoms with Crippen LogP contribution in [0.4, 0.5) is 0 Å². The number of aryl methyl sites for hydroxylation is 2. The Morgan fingerprint density at radius 2 is 1.96 bits per heavy atom. The van der Waals surface area contributed by atoms with Crippen molar-refractivity contribution in [2.24, 2.45) is 12.8 Å². The molecular weight excluding hydrogens is 300 g/mol. The monoisotopic (exact) mass is 328 g/mol. The topological polar surface area (TPSA) is 64.2 Å². The van der Waals surface area contributed by atoms with Crippen LogP contribution in [0.5, 0.6) is 0 Å². The summed E-state index contributed by atoms with van der Waals surface area (Å²) in [6, 6.07) is 10.1. The molecule has 2 N–H and O–H groups in total. The normalized spacial score (nSPS) is 10.8. The van der Waals surface area contributed by atoms with Gasteiger partial charge in [0.2, 0.25) is 5.91 Å². The molecule has 0 aliphatic carbocycles. The van der Waals surface area contributed by atoms with Crippen molar-refractivity contribution in [2.75, 3.05) is 13.1 Å². The minimum atomic E-state index is 0.176. The van der Waals surface area contributed by atoms with E-state index in [0.717, 1.165) is 29.8 Å². The van der Waals surface area contributed by atoms with Crippen molar-refractivity contribution in [3.63, 3.8) is 0 Å². The Labute approximate surface area is 144 Å². The highest BCUT2D eigenvalue weighted by Crippen LogP contribution is 2.15. The van der Waals surface area contributed by atoms with E-state index in [9.17, 15) is 4.79 Å². The van der Waals surface area contributed by atoms with Crippen molar-refractivity contribution < 1.29 is 4.79 Å². The summed E-state index contributed by atoms with van der Waals surface area (Å²) in [5.41, 5.74) is 10.1. The van der Waals surface area contributed by atoms with Gasteiger partial charge in [-0.2, -0.15) is 5.10 Å². The van der Waals surface area contributed by atoms with Gasteiger partial charge in [0, 0.05) is 32.3 Å². The fourth-order valence-corrected chi connectivity index (χ4v) is 2.95. The fraction of sp³-hybridized carbons (Fsp3) is 0.474. The minimum Gasteiger partial charge on any atom is -0.338 e. The Kier molecular flexibility index (Phi) is 6.55. The zero-order valence-corrected chi connectivity index (χ0v) is 15.0. The van der Waals surface area contributed by atoms with Gasteiger partial charge in [-0.3, -0.25) is 9.48 Å². The lowest BCUT2D eigenvalue weighted by Gasteiger charge is -2.23. The molecule has 130 valence electrons. The highest BCUT2D eigenvalue weighted by molar-refractivity contribution is 5.76. The summed E-state index contributed by atoms with van der Waals surface area (Å²) in [6.45, 7) is 6.00. The summed E-state index contributed by atoms with van der Waals surface area (Å²) >= 11 is 0. The van der Waals surface area contributed by atoms with E-state index in [1.165, 1.54) is 5.56 Å². The number of rotatable bonds is 8. The predicted octanol–water partition coefficient (Wildman–Crippen LogP) is 2.35. The van der Waals surface area contributed by atoms with E-state index in [1.54, 1.807) is 0 Å². The number of carbonyl (C=O) groups excluding carboxylic acids is 1. The maximum Gasteiger partial charge on any atom is 0.223 e. The molecule has 0 unspecified atom stereocenters. The quantitative estimate of drug-likeness (QED) is 0.809. The van der Waals surface area contributed by atoms with Gasteiger partial charge in [-0.1, -0.05) is 30.3 Å². The van der Waals surface area contributed by atoms with Gasteiger partial charge in [-0.05, 0) is 44.4 Å². The molecule has 0 bridgehead atoms. The average Bonchev–Trinajstić information content (AvgIpc) is 2.82. The summed E-state index contributed by atoms with van der Waals surface area (Å²) in [5, 5.41) is 4.43. The lowest BCUT2D eigenvalue weighted by Crippen LogP contribution is -2.32. The molecular formula is C19H28N4O. The zero-order chi connectivity index (χ0) is 17.5. The second kappa shape index (κ2) is 8.64. The summed E-state index contributed by atoms with van der Waals surface area (Å²) in [6.07, 6.45) is 2.06. The molecule has 0 spiro atoms. The summed E-state index contributed by atoms with van der Waals surface area (Å²) < 4.78 is 1.88. The molecule has 0 atom stereocenters. The van der Waals surface area contributed by atoms with Gasteiger partial charge in [0.1, 0.15) is 0 Å². The maximum absolute atomic E-state index is 12.7. The third kappa shape index (κ3) is 4.68. The van der Waals surface area contributed by atoms with Gasteiger partial charge in [-0.15, -0.1) is 0 Å². The third-order valence-corrected chi connectivity index (χ3v) is 4.45. The van der Waals surface area contributed by atoms with E-state index in [1.807, 2.05) is 41.8 Å². The Balaban J connectivity index is 2.01. The fourth-order valence-electron chi connectivity index (χ4n) is 2.95. The van der Waals surface area contributed by atoms with E-state index in [2.05, 4.69) is 24.2 Å². The van der Waals surface area contributed by atoms with Gasteiger partial charge in [0.25, 0.3) is 0 Å². The van der Waals surface area contributed by atoms with Crippen molar-refractivity contribution in [3.8, 4) is 0 Å². The summed E-state index contributed by atoms with van der Waals surface area (Å²) in [4.78, 5) is 14.6. The van der Waals surface area contributed by atoms with Gasteiger partial charge in [0.15, 0.2) is 0 Å². The first-order valence-electron chi connectivity index (χ1n) is 8.53. The highest BCUT2D eigenvalue weighted by atomic mass is 16.2. The van der Waals surface area contributed by atoms with Crippen LogP contribution >= 0.6 is 0 Å². The molecule has 0 aliphatic rings. The van der Waals surface area contributed by atoms with Crippen LogP contribution in [0.25, 0.3) is 0 Å². The summed E-state index contributed by atoms with van der Waals surface area (Å²) in [7, 11) is 1.94. The molecule has 0 fully saturated rings. The Hall–Kier alpha value is -2.14. The van der Waals surface area contributed by atoms with Crippen LogP contribution in [0.1, 0.15) is 35.4 Å². The third-order valence-electron chi connectivity index (χ3n) is 4.45. The van der Waals surface area contributed by atoms with E-state index in [-0.39, 0.29) is 5.91 Å². The molecule has 0 radical (unpaired) electrons. The molecule has 5 heteroatoms. The SMILES string of the molecule is Cc1nn(C)c(C)c1CCC(=O)N(CCCN)Cc1ccccc1. The zero-order valence-electron chi connectivity index (χ0n) is 15.0. The minimum absolute atomic E-state index is 0.176. The van der Waals surface area contributed by atoms with E-state index in [0.29, 0.717) is 26.1 Å². The summed E-state index contributed by atoms with van der Waals surface area (Å²) in [5.74, 6) is 0.176. The molecule has 0 aliphatic heterocycles. The Bertz CT molecular complexity index is 664. The first kappa shape index (κ1) is 18.2. The molecule has 5 nitrogen and oxygen atoms in total. The number of nitrogens with two attached hydrogens (primary N) is 1. The van der Waals surface area contributed by atoms with Crippen LogP contribution in [0.15, 0.2) is 30.3 Å². The predicted molar refractivity (Wildman–Crippen MR) is 96.5 cm³/mol. The molecule has 0 saturated carbocycles. The molecule has 1 amide bonds. The van der Waals surface area contributed by atoms with Crippen LogP contribution in [0.2, 0.25) is 0 Å². The van der Waals surface area contributed by atoms with Gasteiger partial charge >= 0.3 is 0 Å². The number of nitrogens with zero attached hydrogens (tertiary/aromatic N) is 3. The van der Waals surface area contributed by atoms with Crippen LogP contribution < -0.4 is 5.73 Å². The van der Waals surface area contributed by atoms with Crippen LogP contribution in [-0.4, -0.2) is 33.7 Å². The molecule has 2 rings (SSSR count). The molecule has 24 heavy (non-hydrogen) atoms. The smallest absolute Gasteiger partial charge is 0.223 e. The van der Waals surface area contributed by atoms with Crippen molar-refractivity contribution >= 4 is 5.91 Å². The molecule has 1 aromatic heterocycles. The van der Waals surface area contributed by atoms with Gasteiger partial charge < -0.3 is 10.6 Å². The van der Waals surface area contributed by atoms with Crippen LogP contribution in [0, 0.1) is 13.8 Å². The molecule has 1 heterocycles. The molecule has 2 aromatic rings. The van der Waals surface area contributed by atoms with Crippen LogP contribution in [0.3, 0.4) is 0 Å². The van der Waals surface area contributed by atoms with Crippen molar-refractivity contribution in [3.05, 3.63) is 52.8 Å². The number of benzene rings is 1. The largest absolute Gasteiger partial charge is 0.338 e. The lowest BCUT2D eigenvalue weighted by atomic mass is 10.1. The highest BCUT2D eigenvalue weighted by Gasteiger charge is 2.16. The number of aromatic nitrogens is 2. The molecule has 1 aromatic carbocycles. The number of carbonyl (C=O) groups is 1. The number of amides is 1. The first-order valence-corrected chi connectivity index (χ1v) is 8.53. The van der Waals surface area contributed by atoms with Crippen LogP contribution in [-0.2, 0) is 24.8 Å². The maximum atomic E-state index is 12.7. The molecule has 0 saturated heterocycles. The van der Waals surface area contributed by atoms with E-state index >= 15 is 0 Å². The van der Waals surface area contributed by atoms with E-state index < -0.39 is 0 Å². The Morgan fingerprint density at radius 1 is 1.25 bits per heavy atom. The van der Waals surface area contributed by atoms with Crippen molar-refractivity contribution in [1.29, 1.82) is 0 Å². The van der Waals surface area contributed by atoms with Gasteiger partial charge in [0.05, 0.1) is 5.69 Å². The standard InChI is InChI=1S/C19H28N4O/c1-15-18(16(2)22(3)21-15)10-11-19(24)23(13-7-12-20)14-17-8-5-4-6-9-17/h4-6,8-9H,7,10-14,20H2,1-3H3. The average molecular weight is 328 g/mol. The second-order valence-electron chi connectivity index (χ2n) is 6.22.